The van der Waals surface area contributed by atoms with Crippen molar-refractivity contribution in [1.29, 1.82) is 0 Å². The molecule has 0 aliphatic heterocycles. The molecular weight excluding hydrogens is 524 g/mol. The maximum atomic E-state index is 13.3. The average Bonchev–Trinajstić information content (AvgIpc) is 3.32. The molecule has 6 nitrogen and oxygen atoms in total. The highest BCUT2D eigenvalue weighted by molar-refractivity contribution is 6.30. The van der Waals surface area contributed by atoms with Crippen LogP contribution in [0.1, 0.15) is 21.6 Å². The number of fused-ring (bicyclic) bond motifs is 1. The summed E-state index contributed by atoms with van der Waals surface area (Å²) in [4.78, 5) is 26.0. The van der Waals surface area contributed by atoms with Crippen LogP contribution in [0.3, 0.4) is 0 Å². The van der Waals surface area contributed by atoms with E-state index in [-0.39, 0.29) is 12.3 Å². The van der Waals surface area contributed by atoms with Crippen molar-refractivity contribution in [2.24, 2.45) is 7.05 Å². The number of nitrogens with zero attached hydrogens (tertiary/aromatic N) is 1. The number of methoxy groups -OCH3 is 1. The maximum absolute atomic E-state index is 13.3. The lowest BCUT2D eigenvalue weighted by atomic mass is 10.0. The normalized spacial score (nSPS) is 11.7. The van der Waals surface area contributed by atoms with Gasteiger partial charge in [-0.3, -0.25) is 4.79 Å². The monoisotopic (exact) mass is 552 g/mol. The zero-order chi connectivity index (χ0) is 28.1. The van der Waals surface area contributed by atoms with Crippen LogP contribution in [0.4, 0.5) is 0 Å². The number of benzene rings is 4. The largest absolute Gasteiger partial charge is 0.489 e. The second-order valence-corrected chi connectivity index (χ2v) is 9.98. The number of nitrogens with one attached hydrogen (secondary N) is 1. The van der Waals surface area contributed by atoms with Gasteiger partial charge in [0.1, 0.15) is 24.1 Å². The summed E-state index contributed by atoms with van der Waals surface area (Å²) >= 11 is 6.03. The van der Waals surface area contributed by atoms with Crippen molar-refractivity contribution in [1.82, 2.24) is 9.88 Å². The topological polar surface area (TPSA) is 69.6 Å². The van der Waals surface area contributed by atoms with Crippen LogP contribution in [-0.2, 0) is 29.6 Å². The van der Waals surface area contributed by atoms with Crippen LogP contribution < -0.4 is 10.1 Å². The third kappa shape index (κ3) is 6.19. The fourth-order valence-electron chi connectivity index (χ4n) is 4.66. The number of carbonyl (C=O) groups excluding carboxylic acids is 2. The molecule has 0 unspecified atom stereocenters. The Bertz CT molecular complexity index is 1630. The second-order valence-electron chi connectivity index (χ2n) is 9.54. The van der Waals surface area contributed by atoms with Crippen LogP contribution in [-0.4, -0.2) is 29.6 Å². The molecule has 202 valence electrons. The number of esters is 1. The molecule has 0 fully saturated rings. The molecule has 1 N–H and O–H groups in total. The van der Waals surface area contributed by atoms with E-state index in [1.807, 2.05) is 115 Å². The fourth-order valence-corrected chi connectivity index (χ4v) is 4.78. The van der Waals surface area contributed by atoms with Gasteiger partial charge in [-0.1, -0.05) is 72.3 Å². The zero-order valence-corrected chi connectivity index (χ0v) is 23.0. The number of aryl methyl sites for hydroxylation is 1. The molecule has 0 spiro atoms. The summed E-state index contributed by atoms with van der Waals surface area (Å²) in [6.45, 7) is 0.466. The van der Waals surface area contributed by atoms with E-state index in [0.29, 0.717) is 17.3 Å². The predicted molar refractivity (Wildman–Crippen MR) is 158 cm³/mol. The minimum absolute atomic E-state index is 0.280. The summed E-state index contributed by atoms with van der Waals surface area (Å²) in [7, 11) is 3.15. The first-order chi connectivity index (χ1) is 19.4. The van der Waals surface area contributed by atoms with Gasteiger partial charge in [0.15, 0.2) is 0 Å². The minimum Gasteiger partial charge on any atom is -0.489 e. The Morgan fingerprint density at radius 3 is 2.25 bits per heavy atom. The molecule has 0 aliphatic carbocycles. The van der Waals surface area contributed by atoms with Gasteiger partial charge in [-0.05, 0) is 64.7 Å². The quantitative estimate of drug-likeness (QED) is 0.209. The average molecular weight is 553 g/mol. The Labute approximate surface area is 238 Å². The molecule has 1 amide bonds. The lowest BCUT2D eigenvalue weighted by Gasteiger charge is -2.17. The summed E-state index contributed by atoms with van der Waals surface area (Å²) in [5.41, 5.74) is 5.35. The molecule has 40 heavy (non-hydrogen) atoms. The first kappa shape index (κ1) is 27.0. The Morgan fingerprint density at radius 1 is 0.850 bits per heavy atom. The van der Waals surface area contributed by atoms with E-state index in [2.05, 4.69) is 5.32 Å². The van der Waals surface area contributed by atoms with Crippen molar-refractivity contribution in [3.8, 4) is 16.9 Å². The molecule has 4 aromatic carbocycles. The van der Waals surface area contributed by atoms with Gasteiger partial charge in [-0.25, -0.2) is 4.79 Å². The van der Waals surface area contributed by atoms with Gasteiger partial charge in [0.25, 0.3) is 5.91 Å². The summed E-state index contributed by atoms with van der Waals surface area (Å²) in [6.07, 6.45) is 0.280. The van der Waals surface area contributed by atoms with Crippen LogP contribution in [0.2, 0.25) is 5.02 Å². The number of hydrogen-bond donors (Lipinski definition) is 1. The third-order valence-corrected chi connectivity index (χ3v) is 7.11. The molecule has 0 aliphatic rings. The van der Waals surface area contributed by atoms with E-state index in [1.165, 1.54) is 7.11 Å². The van der Waals surface area contributed by atoms with Crippen molar-refractivity contribution in [2.75, 3.05) is 7.11 Å². The molecule has 1 aromatic heterocycles. The second kappa shape index (κ2) is 12.1. The molecular formula is C33H29ClN2O4. The van der Waals surface area contributed by atoms with Gasteiger partial charge < -0.3 is 19.4 Å². The van der Waals surface area contributed by atoms with Crippen molar-refractivity contribution >= 4 is 34.4 Å². The predicted octanol–water partition coefficient (Wildman–Crippen LogP) is 6.59. The van der Waals surface area contributed by atoms with Gasteiger partial charge in [-0.15, -0.1) is 0 Å². The van der Waals surface area contributed by atoms with Crippen molar-refractivity contribution in [3.63, 3.8) is 0 Å². The molecule has 0 saturated heterocycles. The van der Waals surface area contributed by atoms with E-state index in [9.17, 15) is 9.59 Å². The Hall–Kier alpha value is -4.55. The van der Waals surface area contributed by atoms with Crippen LogP contribution in [0, 0.1) is 0 Å². The van der Waals surface area contributed by atoms with Crippen molar-refractivity contribution < 1.29 is 19.1 Å². The molecule has 7 heteroatoms. The van der Waals surface area contributed by atoms with E-state index >= 15 is 0 Å². The summed E-state index contributed by atoms with van der Waals surface area (Å²) < 4.78 is 12.7. The Kier molecular flexibility index (Phi) is 8.18. The van der Waals surface area contributed by atoms with Gasteiger partial charge >= 0.3 is 5.97 Å². The van der Waals surface area contributed by atoms with Crippen LogP contribution in [0.25, 0.3) is 22.0 Å². The first-order valence-corrected chi connectivity index (χ1v) is 13.3. The Balaban J connectivity index is 1.29. The standard InChI is InChI=1S/C33H29ClN2O4/c1-36-30-17-12-25(24-10-13-27(34)14-11-24)19-26(30)20-31(36)32(37)35-29(33(38)39-2)18-22-8-15-28(16-9-22)40-21-23-6-4-3-5-7-23/h3-17,19-20,29H,18,21H2,1-2H3,(H,35,37)/t29-/m0/s1. The van der Waals surface area contributed by atoms with Crippen LogP contribution >= 0.6 is 11.6 Å². The van der Waals surface area contributed by atoms with E-state index in [4.69, 9.17) is 21.1 Å². The van der Waals surface area contributed by atoms with Gasteiger partial charge in [0.05, 0.1) is 7.11 Å². The molecule has 0 radical (unpaired) electrons. The Morgan fingerprint density at radius 2 is 1.55 bits per heavy atom. The summed E-state index contributed by atoms with van der Waals surface area (Å²) in [6, 6.07) is 32.0. The van der Waals surface area contributed by atoms with Crippen LogP contribution in [0.15, 0.2) is 103 Å². The lowest BCUT2D eigenvalue weighted by molar-refractivity contribution is -0.142. The minimum atomic E-state index is -0.851. The van der Waals surface area contributed by atoms with E-state index in [0.717, 1.165) is 38.9 Å². The number of amides is 1. The van der Waals surface area contributed by atoms with E-state index < -0.39 is 12.0 Å². The number of halogens is 1. The molecule has 1 heterocycles. The SMILES string of the molecule is COC(=O)[C@H](Cc1ccc(OCc2ccccc2)cc1)NC(=O)c1cc2cc(-c3ccc(Cl)cc3)ccc2n1C. The molecule has 5 rings (SSSR count). The summed E-state index contributed by atoms with van der Waals surface area (Å²) in [5, 5.41) is 4.46. The van der Waals surface area contributed by atoms with Gasteiger partial charge in [-0.2, -0.15) is 0 Å². The van der Waals surface area contributed by atoms with Crippen molar-refractivity contribution in [3.05, 3.63) is 125 Å². The van der Waals surface area contributed by atoms with Crippen LogP contribution in [0.5, 0.6) is 5.75 Å². The highest BCUT2D eigenvalue weighted by Crippen LogP contribution is 2.27. The molecule has 0 bridgehead atoms. The molecule has 1 atom stereocenters. The maximum Gasteiger partial charge on any atom is 0.328 e. The number of hydrogen-bond acceptors (Lipinski definition) is 4. The summed E-state index contributed by atoms with van der Waals surface area (Å²) in [5.74, 6) is -0.147. The smallest absolute Gasteiger partial charge is 0.328 e. The highest BCUT2D eigenvalue weighted by atomic mass is 35.5. The fraction of sp³-hybridized carbons (Fsp3) is 0.152. The number of ether oxygens (including phenoxy) is 2. The number of carbonyl (C=O) groups is 2. The molecule has 5 aromatic rings. The zero-order valence-electron chi connectivity index (χ0n) is 22.3. The third-order valence-electron chi connectivity index (χ3n) is 6.86. The van der Waals surface area contributed by atoms with Gasteiger partial charge in [0.2, 0.25) is 0 Å². The van der Waals surface area contributed by atoms with E-state index in [1.54, 1.807) is 0 Å². The van der Waals surface area contributed by atoms with Gasteiger partial charge in [0, 0.05) is 29.4 Å². The molecule has 0 saturated carbocycles. The first-order valence-electron chi connectivity index (χ1n) is 12.9. The number of rotatable bonds is 9. The lowest BCUT2D eigenvalue weighted by Crippen LogP contribution is -2.43. The van der Waals surface area contributed by atoms with Crippen molar-refractivity contribution in [2.45, 2.75) is 19.1 Å². The highest BCUT2D eigenvalue weighted by Gasteiger charge is 2.24. The number of aromatic nitrogens is 1.